The van der Waals surface area contributed by atoms with E-state index in [0.29, 0.717) is 49.1 Å². The van der Waals surface area contributed by atoms with E-state index in [1.54, 1.807) is 29.2 Å². The van der Waals surface area contributed by atoms with Gasteiger partial charge in [0.2, 0.25) is 0 Å². The van der Waals surface area contributed by atoms with Crippen molar-refractivity contribution in [3.05, 3.63) is 58.7 Å². The van der Waals surface area contributed by atoms with E-state index in [4.69, 9.17) is 14.2 Å². The molecule has 0 aromatic heterocycles. The van der Waals surface area contributed by atoms with Crippen molar-refractivity contribution in [1.82, 2.24) is 10.3 Å². The van der Waals surface area contributed by atoms with E-state index >= 15 is 0 Å². The topological polar surface area (TPSA) is 97.4 Å². The average Bonchev–Trinajstić information content (AvgIpc) is 3.13. The van der Waals surface area contributed by atoms with Gasteiger partial charge in [-0.15, -0.1) is 0 Å². The Labute approximate surface area is 197 Å². The van der Waals surface area contributed by atoms with Gasteiger partial charge in [-0.05, 0) is 60.9 Å². The van der Waals surface area contributed by atoms with Crippen molar-refractivity contribution in [3.63, 3.8) is 0 Å². The number of benzene rings is 2. The predicted octanol–water partition coefficient (Wildman–Crippen LogP) is 2.01. The Balaban J connectivity index is 1.48. The number of ether oxygens (including phenoxy) is 3. The predicted molar refractivity (Wildman–Crippen MR) is 125 cm³/mol. The molecule has 2 aliphatic rings. The fraction of sp³-hybridized carbons (Fsp3) is 0.320. The minimum Gasteiger partial charge on any atom is -0.493 e. The number of hydrogen-bond acceptors (Lipinski definition) is 6. The summed E-state index contributed by atoms with van der Waals surface area (Å²) in [4.78, 5) is 39.5. The van der Waals surface area contributed by atoms with E-state index in [1.807, 2.05) is 26.0 Å². The van der Waals surface area contributed by atoms with Crippen LogP contribution in [0.5, 0.6) is 11.5 Å². The van der Waals surface area contributed by atoms with Crippen LogP contribution in [0.2, 0.25) is 0 Å². The largest absolute Gasteiger partial charge is 0.493 e. The van der Waals surface area contributed by atoms with Gasteiger partial charge in [0.1, 0.15) is 5.57 Å². The lowest BCUT2D eigenvalue weighted by Crippen LogP contribution is -2.43. The SMILES string of the molecule is COc1cc(C=C2C(=O)NN(c3ccc(C)c(C)c3)C2=O)ccc1OCC(=O)N1CCOCC1. The highest BCUT2D eigenvalue weighted by atomic mass is 16.5. The van der Waals surface area contributed by atoms with Crippen LogP contribution in [0, 0.1) is 13.8 Å². The van der Waals surface area contributed by atoms with E-state index in [-0.39, 0.29) is 18.1 Å². The Morgan fingerprint density at radius 1 is 1.06 bits per heavy atom. The number of morpholine rings is 1. The second-order valence-electron chi connectivity index (χ2n) is 8.10. The smallest absolute Gasteiger partial charge is 0.282 e. The monoisotopic (exact) mass is 465 g/mol. The van der Waals surface area contributed by atoms with Crippen molar-refractivity contribution in [2.75, 3.05) is 45.0 Å². The first kappa shape index (κ1) is 23.3. The van der Waals surface area contributed by atoms with Gasteiger partial charge in [0.25, 0.3) is 17.7 Å². The van der Waals surface area contributed by atoms with Gasteiger partial charge in [-0.25, -0.2) is 5.01 Å². The summed E-state index contributed by atoms with van der Waals surface area (Å²) in [5.41, 5.74) is 5.92. The van der Waals surface area contributed by atoms with Crippen LogP contribution in [0.1, 0.15) is 16.7 Å². The average molecular weight is 466 g/mol. The zero-order valence-corrected chi connectivity index (χ0v) is 19.4. The summed E-state index contributed by atoms with van der Waals surface area (Å²) in [7, 11) is 1.48. The molecule has 34 heavy (non-hydrogen) atoms. The third-order valence-corrected chi connectivity index (χ3v) is 5.85. The molecule has 2 saturated heterocycles. The van der Waals surface area contributed by atoms with Crippen LogP contribution in [0.25, 0.3) is 6.08 Å². The summed E-state index contributed by atoms with van der Waals surface area (Å²) in [6.07, 6.45) is 1.50. The lowest BCUT2D eigenvalue weighted by atomic mass is 10.1. The van der Waals surface area contributed by atoms with Crippen LogP contribution < -0.4 is 19.9 Å². The quantitative estimate of drug-likeness (QED) is 0.518. The van der Waals surface area contributed by atoms with Crippen molar-refractivity contribution in [2.45, 2.75) is 13.8 Å². The maximum Gasteiger partial charge on any atom is 0.282 e. The highest BCUT2D eigenvalue weighted by Crippen LogP contribution is 2.30. The molecular weight excluding hydrogens is 438 g/mol. The Bertz CT molecular complexity index is 1150. The Morgan fingerprint density at radius 3 is 2.53 bits per heavy atom. The molecule has 0 radical (unpaired) electrons. The zero-order chi connectivity index (χ0) is 24.2. The van der Waals surface area contributed by atoms with Gasteiger partial charge >= 0.3 is 0 Å². The lowest BCUT2D eigenvalue weighted by molar-refractivity contribution is -0.137. The van der Waals surface area contributed by atoms with Crippen molar-refractivity contribution in [2.24, 2.45) is 0 Å². The summed E-state index contributed by atoms with van der Waals surface area (Å²) >= 11 is 0. The van der Waals surface area contributed by atoms with E-state index in [9.17, 15) is 14.4 Å². The van der Waals surface area contributed by atoms with Crippen molar-refractivity contribution >= 4 is 29.5 Å². The van der Waals surface area contributed by atoms with Gasteiger partial charge in [-0.3, -0.25) is 19.8 Å². The van der Waals surface area contributed by atoms with Crippen molar-refractivity contribution < 1.29 is 28.6 Å². The number of hydrazine groups is 1. The fourth-order valence-electron chi connectivity index (χ4n) is 3.71. The number of carbonyl (C=O) groups is 3. The van der Waals surface area contributed by atoms with Crippen LogP contribution in [0.15, 0.2) is 42.0 Å². The van der Waals surface area contributed by atoms with E-state index in [2.05, 4.69) is 5.43 Å². The number of carbonyl (C=O) groups excluding carboxylic acids is 3. The maximum absolute atomic E-state index is 12.9. The molecular formula is C25H27N3O6. The molecule has 2 aromatic rings. The zero-order valence-electron chi connectivity index (χ0n) is 19.4. The number of anilines is 1. The Morgan fingerprint density at radius 2 is 1.82 bits per heavy atom. The van der Waals surface area contributed by atoms with E-state index < -0.39 is 11.8 Å². The molecule has 2 heterocycles. The van der Waals surface area contributed by atoms with Crippen molar-refractivity contribution in [3.8, 4) is 11.5 Å². The van der Waals surface area contributed by atoms with Gasteiger partial charge in [0, 0.05) is 13.1 Å². The minimum atomic E-state index is -0.487. The molecule has 4 rings (SSSR count). The highest BCUT2D eigenvalue weighted by Gasteiger charge is 2.34. The number of hydrogen-bond donors (Lipinski definition) is 1. The fourth-order valence-corrected chi connectivity index (χ4v) is 3.71. The third-order valence-electron chi connectivity index (χ3n) is 5.85. The molecule has 0 spiro atoms. The van der Waals surface area contributed by atoms with Gasteiger partial charge in [0.05, 0.1) is 26.0 Å². The normalized spacial score (nSPS) is 17.2. The molecule has 0 unspecified atom stereocenters. The molecule has 0 bridgehead atoms. The van der Waals surface area contributed by atoms with Crippen LogP contribution >= 0.6 is 0 Å². The minimum absolute atomic E-state index is 0.0106. The molecule has 0 atom stereocenters. The summed E-state index contributed by atoms with van der Waals surface area (Å²) in [6.45, 7) is 5.93. The number of nitrogens with one attached hydrogen (secondary N) is 1. The molecule has 9 heteroatoms. The summed E-state index contributed by atoms with van der Waals surface area (Å²) in [5.74, 6) is -0.273. The van der Waals surface area contributed by atoms with Crippen LogP contribution in [-0.4, -0.2) is 62.6 Å². The van der Waals surface area contributed by atoms with E-state index in [0.717, 1.165) is 11.1 Å². The standard InChI is InChI=1S/C25H27N3O6/c1-16-4-6-19(12-17(16)2)28-25(31)20(24(30)26-28)13-18-5-7-21(22(14-18)32-3)34-15-23(29)27-8-10-33-11-9-27/h4-7,12-14H,8-11,15H2,1-3H3,(H,26,30). The second kappa shape index (κ2) is 9.96. The van der Waals surface area contributed by atoms with Crippen LogP contribution in [0.4, 0.5) is 5.69 Å². The summed E-state index contributed by atoms with van der Waals surface area (Å²) in [6, 6.07) is 10.5. The van der Waals surface area contributed by atoms with Gasteiger partial charge in [-0.1, -0.05) is 12.1 Å². The van der Waals surface area contributed by atoms with Gasteiger partial charge < -0.3 is 19.1 Å². The lowest BCUT2D eigenvalue weighted by Gasteiger charge is -2.26. The number of amides is 3. The van der Waals surface area contributed by atoms with Gasteiger partial charge in [0.15, 0.2) is 18.1 Å². The highest BCUT2D eigenvalue weighted by molar-refractivity contribution is 6.31. The molecule has 9 nitrogen and oxygen atoms in total. The number of nitrogens with zero attached hydrogens (tertiary/aromatic N) is 2. The third kappa shape index (κ3) is 4.89. The maximum atomic E-state index is 12.9. The number of aryl methyl sites for hydroxylation is 2. The molecule has 2 aliphatic heterocycles. The molecule has 2 aromatic carbocycles. The van der Waals surface area contributed by atoms with Gasteiger partial charge in [-0.2, -0.15) is 0 Å². The first-order chi connectivity index (χ1) is 16.4. The number of methoxy groups -OCH3 is 1. The summed E-state index contributed by atoms with van der Waals surface area (Å²) < 4.78 is 16.3. The van der Waals surface area contributed by atoms with E-state index in [1.165, 1.54) is 18.2 Å². The van der Waals surface area contributed by atoms with Crippen LogP contribution in [-0.2, 0) is 19.1 Å². The van der Waals surface area contributed by atoms with Crippen molar-refractivity contribution in [1.29, 1.82) is 0 Å². The summed E-state index contributed by atoms with van der Waals surface area (Å²) in [5, 5.41) is 1.24. The number of rotatable bonds is 6. The molecule has 3 amide bonds. The first-order valence-corrected chi connectivity index (χ1v) is 11.0. The molecule has 0 saturated carbocycles. The molecule has 0 aliphatic carbocycles. The molecule has 178 valence electrons. The Hall–Kier alpha value is -3.85. The molecule has 2 fully saturated rings. The second-order valence-corrected chi connectivity index (χ2v) is 8.10. The van der Waals surface area contributed by atoms with Crippen LogP contribution in [0.3, 0.4) is 0 Å². The Kier molecular flexibility index (Phi) is 6.83. The molecule has 1 N–H and O–H groups in total. The first-order valence-electron chi connectivity index (χ1n) is 11.0.